The van der Waals surface area contributed by atoms with Crippen LogP contribution in [0.1, 0.15) is 13.8 Å². The zero-order chi connectivity index (χ0) is 14.0. The second kappa shape index (κ2) is 9.02. The van der Waals surface area contributed by atoms with Gasteiger partial charge in [0.1, 0.15) is 13.2 Å². The minimum Gasteiger partial charge on any atom is -0.428 e. The Morgan fingerprint density at radius 3 is 1.44 bits per heavy atom. The van der Waals surface area contributed by atoms with Gasteiger partial charge in [0, 0.05) is 10.1 Å². The standard InChI is InChI=1S/C10H14O8/c1-7(2)5-13-9(11)15-17-18-16-10(12)14-6-8(3)4/h1,3,5-6H2,2,4H3. The first-order chi connectivity index (χ1) is 8.41. The lowest BCUT2D eigenvalue weighted by molar-refractivity contribution is -0.600. The minimum absolute atomic E-state index is 0.0380. The zero-order valence-electron chi connectivity index (χ0n) is 10.1. The molecule has 0 aliphatic rings. The van der Waals surface area contributed by atoms with Crippen molar-refractivity contribution in [3.05, 3.63) is 24.3 Å². The van der Waals surface area contributed by atoms with Crippen LogP contribution in [0.4, 0.5) is 9.59 Å². The van der Waals surface area contributed by atoms with E-state index >= 15 is 0 Å². The molecule has 0 bridgehead atoms. The first-order valence-corrected chi connectivity index (χ1v) is 4.72. The number of carbonyl (C=O) groups excluding carboxylic acids is 2. The number of hydrogen-bond donors (Lipinski definition) is 0. The zero-order valence-corrected chi connectivity index (χ0v) is 10.1. The third kappa shape index (κ3) is 10.5. The second-order valence-electron chi connectivity index (χ2n) is 3.29. The molecule has 8 heteroatoms. The lowest BCUT2D eigenvalue weighted by Crippen LogP contribution is -2.13. The number of rotatable bonds is 7. The highest BCUT2D eigenvalue weighted by molar-refractivity contribution is 5.59. The third-order valence-electron chi connectivity index (χ3n) is 1.10. The van der Waals surface area contributed by atoms with Crippen LogP contribution in [-0.2, 0) is 29.3 Å². The molecule has 0 aliphatic heterocycles. The highest BCUT2D eigenvalue weighted by Gasteiger charge is 2.09. The van der Waals surface area contributed by atoms with Crippen molar-refractivity contribution in [1.29, 1.82) is 0 Å². The van der Waals surface area contributed by atoms with Crippen molar-refractivity contribution in [1.82, 2.24) is 0 Å². The van der Waals surface area contributed by atoms with Crippen molar-refractivity contribution in [2.45, 2.75) is 13.8 Å². The average molecular weight is 262 g/mol. The molecule has 0 saturated heterocycles. The highest BCUT2D eigenvalue weighted by atomic mass is 17.7. The minimum atomic E-state index is -1.18. The molecule has 0 atom stereocenters. The molecule has 0 fully saturated rings. The molecular weight excluding hydrogens is 248 g/mol. The smallest absolute Gasteiger partial charge is 0.428 e. The van der Waals surface area contributed by atoms with Crippen LogP contribution >= 0.6 is 0 Å². The summed E-state index contributed by atoms with van der Waals surface area (Å²) in [6.45, 7) is 10.2. The van der Waals surface area contributed by atoms with Gasteiger partial charge in [-0.05, 0) is 25.0 Å². The van der Waals surface area contributed by atoms with Crippen LogP contribution < -0.4 is 0 Å². The van der Waals surface area contributed by atoms with Crippen LogP contribution in [-0.4, -0.2) is 25.5 Å². The summed E-state index contributed by atoms with van der Waals surface area (Å²) >= 11 is 0. The number of carbonyl (C=O) groups is 2. The molecule has 0 aromatic heterocycles. The van der Waals surface area contributed by atoms with Crippen LogP contribution in [0.25, 0.3) is 0 Å². The van der Waals surface area contributed by atoms with Gasteiger partial charge in [0.2, 0.25) is 0 Å². The maximum Gasteiger partial charge on any atom is 0.543 e. The topological polar surface area (TPSA) is 89.5 Å². The van der Waals surface area contributed by atoms with E-state index in [-0.39, 0.29) is 13.2 Å². The molecule has 0 spiro atoms. The van der Waals surface area contributed by atoms with Crippen molar-refractivity contribution in [2.24, 2.45) is 0 Å². The Kier molecular flexibility index (Phi) is 7.99. The fourth-order valence-corrected chi connectivity index (χ4v) is 0.496. The third-order valence-corrected chi connectivity index (χ3v) is 1.10. The van der Waals surface area contributed by atoms with Gasteiger partial charge in [-0.1, -0.05) is 13.2 Å². The van der Waals surface area contributed by atoms with Crippen molar-refractivity contribution in [3.8, 4) is 0 Å². The van der Waals surface area contributed by atoms with E-state index in [9.17, 15) is 9.59 Å². The molecule has 8 nitrogen and oxygen atoms in total. The lowest BCUT2D eigenvalue weighted by atomic mass is 10.4. The summed E-state index contributed by atoms with van der Waals surface area (Å²) in [6.07, 6.45) is -2.37. The summed E-state index contributed by atoms with van der Waals surface area (Å²) in [5, 5.41) is 7.51. The van der Waals surface area contributed by atoms with Gasteiger partial charge in [-0.3, -0.25) is 0 Å². The normalized spacial score (nSPS) is 9.22. The summed E-state index contributed by atoms with van der Waals surface area (Å²) in [5.74, 6) is 0. The second-order valence-corrected chi connectivity index (χ2v) is 3.29. The van der Waals surface area contributed by atoms with Crippen LogP contribution in [0.5, 0.6) is 0 Å². The summed E-state index contributed by atoms with van der Waals surface area (Å²) in [4.78, 5) is 29.3. The van der Waals surface area contributed by atoms with Gasteiger partial charge in [0.05, 0.1) is 0 Å². The molecule has 0 heterocycles. The first-order valence-electron chi connectivity index (χ1n) is 4.72. The molecule has 102 valence electrons. The Bertz CT molecular complexity index is 290. The highest BCUT2D eigenvalue weighted by Crippen LogP contribution is 1.96. The van der Waals surface area contributed by atoms with E-state index in [1.165, 1.54) is 0 Å². The number of ether oxygens (including phenoxy) is 2. The summed E-state index contributed by atoms with van der Waals surface area (Å²) in [6, 6.07) is 0. The fourth-order valence-electron chi connectivity index (χ4n) is 0.496. The van der Waals surface area contributed by atoms with Crippen LogP contribution in [0, 0.1) is 0 Å². The fraction of sp³-hybridized carbons (Fsp3) is 0.400. The predicted molar refractivity (Wildman–Crippen MR) is 56.7 cm³/mol. The van der Waals surface area contributed by atoms with Crippen molar-refractivity contribution >= 4 is 12.3 Å². The SMILES string of the molecule is C=C(C)COC(=O)OOOOC(=O)OCC(=C)C. The molecule has 0 aromatic carbocycles. The molecule has 0 rings (SSSR count). The van der Waals surface area contributed by atoms with E-state index in [0.717, 1.165) is 0 Å². The van der Waals surface area contributed by atoms with Crippen LogP contribution in [0.2, 0.25) is 0 Å². The summed E-state index contributed by atoms with van der Waals surface area (Å²) in [7, 11) is 0. The quantitative estimate of drug-likeness (QED) is 0.227. The molecular formula is C10H14O8. The van der Waals surface area contributed by atoms with Crippen LogP contribution in [0.3, 0.4) is 0 Å². The van der Waals surface area contributed by atoms with Gasteiger partial charge in [-0.15, -0.1) is 0 Å². The molecule has 0 amide bonds. The average Bonchev–Trinajstić information content (AvgIpc) is 2.29. The van der Waals surface area contributed by atoms with E-state index in [4.69, 9.17) is 0 Å². The Labute approximate surface area is 103 Å². The summed E-state index contributed by atoms with van der Waals surface area (Å²) in [5.41, 5.74) is 1.21. The van der Waals surface area contributed by atoms with E-state index in [1.54, 1.807) is 13.8 Å². The molecule has 0 radical (unpaired) electrons. The largest absolute Gasteiger partial charge is 0.543 e. The van der Waals surface area contributed by atoms with Crippen molar-refractivity contribution < 1.29 is 38.9 Å². The molecule has 0 saturated carbocycles. The van der Waals surface area contributed by atoms with Gasteiger partial charge >= 0.3 is 12.3 Å². The van der Waals surface area contributed by atoms with Gasteiger partial charge in [0.15, 0.2) is 0 Å². The molecule has 0 unspecified atom stereocenters. The van der Waals surface area contributed by atoms with Gasteiger partial charge < -0.3 is 9.47 Å². The molecule has 0 N–H and O–H groups in total. The lowest BCUT2D eigenvalue weighted by Gasteiger charge is -2.03. The maximum absolute atomic E-state index is 10.7. The first kappa shape index (κ1) is 15.9. The van der Waals surface area contributed by atoms with Crippen LogP contribution in [0.15, 0.2) is 24.3 Å². The Morgan fingerprint density at radius 1 is 0.833 bits per heavy atom. The van der Waals surface area contributed by atoms with E-state index < -0.39 is 12.3 Å². The Hall–Kier alpha value is -2.06. The Morgan fingerprint density at radius 2 is 1.17 bits per heavy atom. The maximum atomic E-state index is 10.7. The van der Waals surface area contributed by atoms with Gasteiger partial charge in [-0.2, -0.15) is 0 Å². The predicted octanol–water partition coefficient (Wildman–Crippen LogP) is 2.22. The van der Waals surface area contributed by atoms with Crippen molar-refractivity contribution in [2.75, 3.05) is 13.2 Å². The molecule has 18 heavy (non-hydrogen) atoms. The van der Waals surface area contributed by atoms with Crippen molar-refractivity contribution in [3.63, 3.8) is 0 Å². The molecule has 0 aromatic rings. The number of hydrogen-bond acceptors (Lipinski definition) is 8. The van der Waals surface area contributed by atoms with E-state index in [0.29, 0.717) is 11.1 Å². The van der Waals surface area contributed by atoms with Gasteiger partial charge in [-0.25, -0.2) is 19.4 Å². The molecule has 0 aliphatic carbocycles. The van der Waals surface area contributed by atoms with E-state index in [1.807, 2.05) is 0 Å². The summed E-state index contributed by atoms with van der Waals surface area (Å²) < 4.78 is 8.88. The van der Waals surface area contributed by atoms with E-state index in [2.05, 4.69) is 42.5 Å². The Balaban J connectivity index is 3.49. The van der Waals surface area contributed by atoms with Gasteiger partial charge in [0.25, 0.3) is 0 Å². The monoisotopic (exact) mass is 262 g/mol.